The predicted molar refractivity (Wildman–Crippen MR) is 164 cm³/mol. The number of H-pyrrole nitrogens is 2. The lowest BCUT2D eigenvalue weighted by atomic mass is 9.98. The standard InChI is InChI=1S/C33H38N4O6/c1-7-20-19(6)32(42)37-27(20)14-25-18(5)23(10-12-31(40)41)29(35-25)15-28-22(9-11-30(38)39)17(4)24(34-28)13-26-16(3)21(8-2)33(43)36-26/h7-8,13-14,19,34-35H,2,9-12,15H2,1,3-6H3,(H,36,43)(H,37,42)(H,38,39)(H,40,41)/b20-7-,26-13-,27-14-. The SMILES string of the molecule is C=CC1=C(C)/C(=C/c2[nH]c(Cc3[nH]c(/C=C4\NC(=O)C(C)\C4=C\C)c(C)c3CCC(=O)O)c(CCC(=O)O)c2C)NC1=O. The molecule has 6 N–H and O–H groups in total. The molecule has 4 rings (SSSR count). The zero-order valence-electron chi connectivity index (χ0n) is 25.2. The summed E-state index contributed by atoms with van der Waals surface area (Å²) < 4.78 is 0. The van der Waals surface area contributed by atoms with Crippen molar-refractivity contribution in [3.8, 4) is 0 Å². The molecule has 1 atom stereocenters. The van der Waals surface area contributed by atoms with Crippen LogP contribution in [0.15, 0.2) is 46.8 Å². The van der Waals surface area contributed by atoms with Crippen LogP contribution in [0.5, 0.6) is 0 Å². The van der Waals surface area contributed by atoms with Crippen LogP contribution in [0.1, 0.15) is 78.6 Å². The molecule has 0 spiro atoms. The highest BCUT2D eigenvalue weighted by atomic mass is 16.4. The van der Waals surface area contributed by atoms with Crippen molar-refractivity contribution in [2.75, 3.05) is 0 Å². The van der Waals surface area contributed by atoms with Crippen LogP contribution < -0.4 is 10.6 Å². The average molecular weight is 587 g/mol. The molecule has 2 aliphatic heterocycles. The number of aliphatic carboxylic acids is 2. The Hall–Kier alpha value is -4.86. The second-order valence-corrected chi connectivity index (χ2v) is 11.0. The lowest BCUT2D eigenvalue weighted by Crippen LogP contribution is -2.16. The van der Waals surface area contributed by atoms with E-state index < -0.39 is 11.9 Å². The molecular weight excluding hydrogens is 548 g/mol. The van der Waals surface area contributed by atoms with Crippen molar-refractivity contribution >= 4 is 35.9 Å². The van der Waals surface area contributed by atoms with E-state index in [0.717, 1.165) is 56.2 Å². The summed E-state index contributed by atoms with van der Waals surface area (Å²) in [7, 11) is 0. The highest BCUT2D eigenvalue weighted by molar-refractivity contribution is 6.03. The first kappa shape index (κ1) is 31.1. The number of hydrogen-bond acceptors (Lipinski definition) is 4. The molecule has 2 aromatic rings. The molecule has 226 valence electrons. The third-order valence-electron chi connectivity index (χ3n) is 8.37. The van der Waals surface area contributed by atoms with Crippen molar-refractivity contribution < 1.29 is 29.4 Å². The maximum absolute atomic E-state index is 12.3. The Labute approximate surface area is 250 Å². The van der Waals surface area contributed by atoms with E-state index >= 15 is 0 Å². The topological polar surface area (TPSA) is 164 Å². The molecule has 43 heavy (non-hydrogen) atoms. The molecule has 1 unspecified atom stereocenters. The van der Waals surface area contributed by atoms with Gasteiger partial charge in [-0.2, -0.15) is 0 Å². The van der Waals surface area contributed by atoms with Crippen LogP contribution in [0.3, 0.4) is 0 Å². The first-order valence-electron chi connectivity index (χ1n) is 14.3. The van der Waals surface area contributed by atoms with Gasteiger partial charge >= 0.3 is 11.9 Å². The van der Waals surface area contributed by atoms with Gasteiger partial charge in [-0.3, -0.25) is 19.2 Å². The van der Waals surface area contributed by atoms with E-state index in [0.29, 0.717) is 36.2 Å². The van der Waals surface area contributed by atoms with Crippen molar-refractivity contribution in [1.82, 2.24) is 20.6 Å². The van der Waals surface area contributed by atoms with Gasteiger partial charge in [0.05, 0.1) is 5.92 Å². The molecule has 0 saturated carbocycles. The minimum Gasteiger partial charge on any atom is -0.481 e. The van der Waals surface area contributed by atoms with Gasteiger partial charge in [-0.25, -0.2) is 0 Å². The third-order valence-corrected chi connectivity index (χ3v) is 8.37. The second kappa shape index (κ2) is 12.6. The van der Waals surface area contributed by atoms with Gasteiger partial charge in [0.1, 0.15) is 0 Å². The minimum absolute atomic E-state index is 0.0560. The van der Waals surface area contributed by atoms with Crippen LogP contribution in [0.2, 0.25) is 0 Å². The van der Waals surface area contributed by atoms with E-state index in [2.05, 4.69) is 27.2 Å². The Morgan fingerprint density at radius 2 is 1.37 bits per heavy atom. The molecule has 2 aromatic heterocycles. The first-order chi connectivity index (χ1) is 20.4. The molecule has 0 aliphatic carbocycles. The van der Waals surface area contributed by atoms with Gasteiger partial charge in [-0.1, -0.05) is 18.7 Å². The summed E-state index contributed by atoms with van der Waals surface area (Å²) >= 11 is 0. The molecular formula is C33H38N4O6. The zero-order valence-corrected chi connectivity index (χ0v) is 25.2. The average Bonchev–Trinajstić information content (AvgIpc) is 3.59. The number of nitrogens with one attached hydrogen (secondary N) is 4. The molecule has 0 bridgehead atoms. The fourth-order valence-electron chi connectivity index (χ4n) is 5.84. The summed E-state index contributed by atoms with van der Waals surface area (Å²) in [5.74, 6) is -2.40. The zero-order chi connectivity index (χ0) is 31.6. The number of allylic oxidation sites excluding steroid dienone is 3. The number of carboxylic acid groups (broad SMARTS) is 2. The van der Waals surface area contributed by atoms with Crippen molar-refractivity contribution in [3.63, 3.8) is 0 Å². The molecule has 0 radical (unpaired) electrons. The van der Waals surface area contributed by atoms with Crippen LogP contribution in [-0.2, 0) is 38.4 Å². The monoisotopic (exact) mass is 586 g/mol. The summed E-state index contributed by atoms with van der Waals surface area (Å²) in [5, 5.41) is 24.7. The highest BCUT2D eigenvalue weighted by Crippen LogP contribution is 2.32. The van der Waals surface area contributed by atoms with Gasteiger partial charge in [0, 0.05) is 59.0 Å². The number of aromatic amines is 2. The smallest absolute Gasteiger partial charge is 0.303 e. The largest absolute Gasteiger partial charge is 0.481 e. The van der Waals surface area contributed by atoms with Crippen LogP contribution in [0.4, 0.5) is 0 Å². The Kier molecular flexibility index (Phi) is 9.08. The third kappa shape index (κ3) is 6.33. The Morgan fingerprint density at radius 3 is 1.81 bits per heavy atom. The number of aromatic nitrogens is 2. The van der Waals surface area contributed by atoms with E-state index in [1.807, 2.05) is 52.8 Å². The molecule has 10 heteroatoms. The summed E-state index contributed by atoms with van der Waals surface area (Å²) in [4.78, 5) is 54.6. The van der Waals surface area contributed by atoms with Gasteiger partial charge in [-0.15, -0.1) is 0 Å². The van der Waals surface area contributed by atoms with E-state index in [1.54, 1.807) is 0 Å². The number of carbonyl (C=O) groups excluding carboxylic acids is 2. The van der Waals surface area contributed by atoms with Crippen molar-refractivity contribution in [2.45, 2.75) is 66.7 Å². The van der Waals surface area contributed by atoms with E-state index in [-0.39, 0.29) is 30.6 Å². The molecule has 1 saturated heterocycles. The van der Waals surface area contributed by atoms with Crippen LogP contribution in [0, 0.1) is 19.8 Å². The molecule has 0 aromatic carbocycles. The van der Waals surface area contributed by atoms with Crippen molar-refractivity contribution in [1.29, 1.82) is 0 Å². The van der Waals surface area contributed by atoms with E-state index in [9.17, 15) is 29.4 Å². The van der Waals surface area contributed by atoms with Gasteiger partial charge in [0.2, 0.25) is 5.91 Å². The molecule has 1 fully saturated rings. The summed E-state index contributed by atoms with van der Waals surface area (Å²) in [5.41, 5.74) is 10.1. The number of carboxylic acids is 2. The molecule has 2 aliphatic rings. The fourth-order valence-corrected chi connectivity index (χ4v) is 5.84. The lowest BCUT2D eigenvalue weighted by molar-refractivity contribution is -0.138. The minimum atomic E-state index is -0.914. The molecule has 2 amide bonds. The van der Waals surface area contributed by atoms with E-state index in [4.69, 9.17) is 0 Å². The second-order valence-electron chi connectivity index (χ2n) is 11.0. The van der Waals surface area contributed by atoms with Crippen molar-refractivity contribution in [2.24, 2.45) is 5.92 Å². The molecule has 4 heterocycles. The number of rotatable bonds is 11. The summed E-state index contributed by atoms with van der Waals surface area (Å²) in [6, 6.07) is 0. The number of amides is 2. The first-order valence-corrected chi connectivity index (χ1v) is 14.3. The number of hydrogen-bond donors (Lipinski definition) is 6. The van der Waals surface area contributed by atoms with Crippen molar-refractivity contribution in [3.05, 3.63) is 91.9 Å². The van der Waals surface area contributed by atoms with Gasteiger partial charge in [-0.05, 0) is 93.0 Å². The van der Waals surface area contributed by atoms with E-state index in [1.165, 1.54) is 6.08 Å². The Balaban J connectivity index is 1.80. The normalized spacial score (nSPS) is 19.6. The predicted octanol–water partition coefficient (Wildman–Crippen LogP) is 4.61. The Bertz CT molecular complexity index is 1590. The number of carbonyl (C=O) groups is 4. The van der Waals surface area contributed by atoms with Crippen LogP contribution in [0.25, 0.3) is 12.2 Å². The Morgan fingerprint density at radius 1 is 0.860 bits per heavy atom. The summed E-state index contributed by atoms with van der Waals surface area (Å²) in [6.45, 7) is 13.1. The van der Waals surface area contributed by atoms with Crippen LogP contribution in [-0.4, -0.2) is 43.9 Å². The highest BCUT2D eigenvalue weighted by Gasteiger charge is 2.29. The quantitative estimate of drug-likeness (QED) is 0.225. The van der Waals surface area contributed by atoms with Crippen LogP contribution >= 0.6 is 0 Å². The fraction of sp³-hybridized carbons (Fsp3) is 0.333. The van der Waals surface area contributed by atoms with Gasteiger partial charge < -0.3 is 30.8 Å². The maximum Gasteiger partial charge on any atom is 0.303 e. The van der Waals surface area contributed by atoms with Gasteiger partial charge in [0.25, 0.3) is 5.91 Å². The lowest BCUT2D eigenvalue weighted by Gasteiger charge is -2.07. The van der Waals surface area contributed by atoms with Gasteiger partial charge in [0.15, 0.2) is 0 Å². The maximum atomic E-state index is 12.3. The summed E-state index contributed by atoms with van der Waals surface area (Å²) in [6.07, 6.45) is 8.01. The molecule has 10 nitrogen and oxygen atoms in total.